The standard InChI is InChI=1S/C16H26N2O5/c1-10(17-15(21)11-5-3-4-6-11)16(22)18-9-13(23-2)7-12(18)8-14(19)20/h10-13H,3-9H2,1-2H3,(H,17,21)(H,19,20). The lowest BCUT2D eigenvalue weighted by Crippen LogP contribution is -2.50. The molecule has 2 fully saturated rings. The van der Waals surface area contributed by atoms with Crippen LogP contribution in [0.1, 0.15) is 45.4 Å². The fraction of sp³-hybridized carbons (Fsp3) is 0.812. The van der Waals surface area contributed by atoms with Gasteiger partial charge in [0.25, 0.3) is 0 Å². The summed E-state index contributed by atoms with van der Waals surface area (Å²) in [6.07, 6.45) is 4.13. The van der Waals surface area contributed by atoms with Crippen LogP contribution in [0.4, 0.5) is 0 Å². The largest absolute Gasteiger partial charge is 0.481 e. The van der Waals surface area contributed by atoms with Crippen LogP contribution in [0.2, 0.25) is 0 Å². The minimum atomic E-state index is -0.938. The first-order valence-corrected chi connectivity index (χ1v) is 8.27. The molecule has 0 radical (unpaired) electrons. The van der Waals surface area contributed by atoms with E-state index in [2.05, 4.69) is 5.32 Å². The summed E-state index contributed by atoms with van der Waals surface area (Å²) in [6.45, 7) is 2.03. The molecular weight excluding hydrogens is 300 g/mol. The first kappa shape index (κ1) is 17.7. The van der Waals surface area contributed by atoms with Crippen LogP contribution in [0.5, 0.6) is 0 Å². The molecule has 0 bridgehead atoms. The molecule has 2 rings (SSSR count). The number of carboxylic acid groups (broad SMARTS) is 1. The van der Waals surface area contributed by atoms with E-state index in [4.69, 9.17) is 9.84 Å². The monoisotopic (exact) mass is 326 g/mol. The SMILES string of the molecule is COC1CC(CC(=O)O)N(C(=O)C(C)NC(=O)C2CCCC2)C1. The lowest BCUT2D eigenvalue weighted by atomic mass is 10.1. The highest BCUT2D eigenvalue weighted by Crippen LogP contribution is 2.26. The first-order chi connectivity index (χ1) is 10.9. The van der Waals surface area contributed by atoms with Crippen molar-refractivity contribution in [2.24, 2.45) is 5.92 Å². The van der Waals surface area contributed by atoms with Gasteiger partial charge in [-0.05, 0) is 26.2 Å². The van der Waals surface area contributed by atoms with Crippen molar-refractivity contribution in [2.45, 2.75) is 63.6 Å². The molecule has 2 amide bonds. The second kappa shape index (κ2) is 7.77. The second-order valence-corrected chi connectivity index (χ2v) is 6.55. The van der Waals surface area contributed by atoms with E-state index in [9.17, 15) is 14.4 Å². The van der Waals surface area contributed by atoms with Crippen LogP contribution in [-0.4, -0.2) is 59.6 Å². The number of carboxylic acids is 1. The van der Waals surface area contributed by atoms with E-state index >= 15 is 0 Å². The highest BCUT2D eigenvalue weighted by atomic mass is 16.5. The molecule has 7 nitrogen and oxygen atoms in total. The topological polar surface area (TPSA) is 95.9 Å². The van der Waals surface area contributed by atoms with E-state index < -0.39 is 12.0 Å². The van der Waals surface area contributed by atoms with Gasteiger partial charge in [0.05, 0.1) is 12.5 Å². The van der Waals surface area contributed by atoms with E-state index in [1.54, 1.807) is 18.9 Å². The molecular formula is C16H26N2O5. The van der Waals surface area contributed by atoms with E-state index in [0.717, 1.165) is 25.7 Å². The van der Waals surface area contributed by atoms with Gasteiger partial charge in [0.15, 0.2) is 0 Å². The number of likely N-dealkylation sites (tertiary alicyclic amines) is 1. The second-order valence-electron chi connectivity index (χ2n) is 6.55. The molecule has 0 aromatic rings. The van der Waals surface area contributed by atoms with Crippen molar-refractivity contribution in [3.8, 4) is 0 Å². The number of methoxy groups -OCH3 is 1. The maximum Gasteiger partial charge on any atom is 0.305 e. The number of hydrogen-bond donors (Lipinski definition) is 2. The Morgan fingerprint density at radius 2 is 1.96 bits per heavy atom. The van der Waals surface area contributed by atoms with Crippen molar-refractivity contribution >= 4 is 17.8 Å². The van der Waals surface area contributed by atoms with Crippen LogP contribution in [0.25, 0.3) is 0 Å². The summed E-state index contributed by atoms with van der Waals surface area (Å²) in [5.41, 5.74) is 0. The van der Waals surface area contributed by atoms with Crippen LogP contribution in [0.15, 0.2) is 0 Å². The maximum absolute atomic E-state index is 12.6. The van der Waals surface area contributed by atoms with Gasteiger partial charge < -0.3 is 20.1 Å². The molecule has 3 unspecified atom stereocenters. The zero-order valence-corrected chi connectivity index (χ0v) is 13.8. The summed E-state index contributed by atoms with van der Waals surface area (Å²) in [6, 6.07) is -1.02. The molecule has 130 valence electrons. The molecule has 7 heteroatoms. The summed E-state index contributed by atoms with van der Waals surface area (Å²) in [4.78, 5) is 37.3. The third-order valence-corrected chi connectivity index (χ3v) is 4.86. The van der Waals surface area contributed by atoms with E-state index in [1.165, 1.54) is 0 Å². The Kier molecular flexibility index (Phi) is 5.98. The molecule has 2 N–H and O–H groups in total. The smallest absolute Gasteiger partial charge is 0.305 e. The molecule has 1 heterocycles. The molecule has 3 atom stereocenters. The van der Waals surface area contributed by atoms with Gasteiger partial charge in [0.1, 0.15) is 6.04 Å². The van der Waals surface area contributed by atoms with Crippen molar-refractivity contribution in [3.63, 3.8) is 0 Å². The number of amides is 2. The predicted molar refractivity (Wildman–Crippen MR) is 82.7 cm³/mol. The van der Waals surface area contributed by atoms with Gasteiger partial charge in [-0.2, -0.15) is 0 Å². The van der Waals surface area contributed by atoms with Crippen LogP contribution in [0.3, 0.4) is 0 Å². The number of ether oxygens (including phenoxy) is 1. The Labute approximate surface area is 136 Å². The molecule has 2 aliphatic rings. The minimum absolute atomic E-state index is 0.00497. The average molecular weight is 326 g/mol. The lowest BCUT2D eigenvalue weighted by molar-refractivity contribution is -0.141. The average Bonchev–Trinajstić information content (AvgIpc) is 3.15. The van der Waals surface area contributed by atoms with Gasteiger partial charge in [-0.25, -0.2) is 0 Å². The highest BCUT2D eigenvalue weighted by molar-refractivity contribution is 5.89. The molecule has 0 aromatic carbocycles. The Hall–Kier alpha value is -1.63. The zero-order chi connectivity index (χ0) is 17.0. The third kappa shape index (κ3) is 4.43. The van der Waals surface area contributed by atoms with Crippen LogP contribution in [-0.2, 0) is 19.1 Å². The quantitative estimate of drug-likeness (QED) is 0.752. The number of hydrogen-bond acceptors (Lipinski definition) is 4. The van der Waals surface area contributed by atoms with Crippen LogP contribution < -0.4 is 5.32 Å². The van der Waals surface area contributed by atoms with Gasteiger partial charge in [-0.1, -0.05) is 12.8 Å². The Balaban J connectivity index is 1.95. The summed E-state index contributed by atoms with van der Waals surface area (Å²) in [5, 5.41) is 11.8. The van der Waals surface area contributed by atoms with Gasteiger partial charge in [0.2, 0.25) is 11.8 Å². The fourth-order valence-corrected chi connectivity index (χ4v) is 3.54. The number of rotatable bonds is 6. The molecule has 1 saturated heterocycles. The van der Waals surface area contributed by atoms with Gasteiger partial charge in [0, 0.05) is 25.6 Å². The van der Waals surface area contributed by atoms with Crippen LogP contribution >= 0.6 is 0 Å². The number of carbonyl (C=O) groups is 3. The zero-order valence-electron chi connectivity index (χ0n) is 13.8. The number of aliphatic carboxylic acids is 1. The van der Waals surface area contributed by atoms with Crippen LogP contribution in [0, 0.1) is 5.92 Å². The van der Waals surface area contributed by atoms with Crippen molar-refractivity contribution in [2.75, 3.05) is 13.7 Å². The van der Waals surface area contributed by atoms with Gasteiger partial charge in [-0.15, -0.1) is 0 Å². The summed E-state index contributed by atoms with van der Waals surface area (Å²) >= 11 is 0. The lowest BCUT2D eigenvalue weighted by Gasteiger charge is -2.27. The molecule has 1 aliphatic carbocycles. The molecule has 1 aliphatic heterocycles. The summed E-state index contributed by atoms with van der Waals surface area (Å²) < 4.78 is 5.27. The minimum Gasteiger partial charge on any atom is -0.481 e. The third-order valence-electron chi connectivity index (χ3n) is 4.86. The molecule has 0 spiro atoms. The van der Waals surface area contributed by atoms with Crippen molar-refractivity contribution in [3.05, 3.63) is 0 Å². The van der Waals surface area contributed by atoms with Crippen molar-refractivity contribution in [1.29, 1.82) is 0 Å². The molecule has 23 heavy (non-hydrogen) atoms. The fourth-order valence-electron chi connectivity index (χ4n) is 3.54. The van der Waals surface area contributed by atoms with E-state index in [-0.39, 0.29) is 36.3 Å². The highest BCUT2D eigenvalue weighted by Gasteiger charge is 2.38. The molecule has 0 aromatic heterocycles. The summed E-state index contributed by atoms with van der Waals surface area (Å²) in [5.74, 6) is -1.24. The Morgan fingerprint density at radius 3 is 2.52 bits per heavy atom. The number of carbonyl (C=O) groups excluding carboxylic acids is 2. The normalized spacial score (nSPS) is 26.3. The van der Waals surface area contributed by atoms with E-state index in [1.807, 2.05) is 0 Å². The van der Waals surface area contributed by atoms with Crippen molar-refractivity contribution in [1.82, 2.24) is 10.2 Å². The van der Waals surface area contributed by atoms with Crippen molar-refractivity contribution < 1.29 is 24.2 Å². The Morgan fingerprint density at radius 1 is 1.30 bits per heavy atom. The van der Waals surface area contributed by atoms with Gasteiger partial charge >= 0.3 is 5.97 Å². The van der Waals surface area contributed by atoms with E-state index in [0.29, 0.717) is 13.0 Å². The number of nitrogens with one attached hydrogen (secondary N) is 1. The molecule has 1 saturated carbocycles. The maximum atomic E-state index is 12.6. The predicted octanol–water partition coefficient (Wildman–Crippen LogP) is 0.772. The first-order valence-electron chi connectivity index (χ1n) is 8.27. The number of nitrogens with zero attached hydrogens (tertiary/aromatic N) is 1. The Bertz CT molecular complexity index is 461. The summed E-state index contributed by atoms with van der Waals surface area (Å²) in [7, 11) is 1.56. The van der Waals surface area contributed by atoms with Gasteiger partial charge in [-0.3, -0.25) is 14.4 Å².